The van der Waals surface area contributed by atoms with Crippen LogP contribution in [0.1, 0.15) is 44.6 Å². The van der Waals surface area contributed by atoms with Gasteiger partial charge < -0.3 is 5.32 Å². The summed E-state index contributed by atoms with van der Waals surface area (Å²) in [4.78, 5) is 27.3. The minimum atomic E-state index is -0.620. The van der Waals surface area contributed by atoms with Crippen molar-refractivity contribution in [2.24, 2.45) is 5.10 Å². The highest BCUT2D eigenvalue weighted by Gasteiger charge is 2.33. The second kappa shape index (κ2) is 12.9. The highest BCUT2D eigenvalue weighted by Crippen LogP contribution is 2.35. The van der Waals surface area contributed by atoms with E-state index in [2.05, 4.69) is 20.6 Å². The molecule has 0 unspecified atom stereocenters. The lowest BCUT2D eigenvalue weighted by Crippen LogP contribution is -2.28. The molecule has 44 heavy (non-hydrogen) atoms. The van der Waals surface area contributed by atoms with Crippen molar-refractivity contribution in [1.29, 1.82) is 0 Å². The van der Waals surface area contributed by atoms with Gasteiger partial charge in [-0.25, -0.2) is 13.8 Å². The number of aryl methyl sites for hydroxylation is 1. The molecule has 3 aromatic carbocycles. The lowest BCUT2D eigenvalue weighted by Gasteiger charge is -2.22. The number of halogens is 2. The van der Waals surface area contributed by atoms with Gasteiger partial charge in [-0.1, -0.05) is 54.2 Å². The van der Waals surface area contributed by atoms with Crippen molar-refractivity contribution in [3.05, 3.63) is 129 Å². The van der Waals surface area contributed by atoms with Gasteiger partial charge in [-0.15, -0.1) is 21.5 Å². The SMILES string of the molecule is Cc1cccc(-n2c(CNC(=O)c3ccccc3F)nnc2SCC(=O)N2N=C(c3cccs3)C[C@H]2c2ccc(F)cc2)c1. The van der Waals surface area contributed by atoms with E-state index in [0.29, 0.717) is 17.4 Å². The number of rotatable bonds is 9. The molecule has 0 aliphatic carbocycles. The van der Waals surface area contributed by atoms with Crippen LogP contribution >= 0.6 is 23.1 Å². The molecule has 0 spiro atoms. The first-order chi connectivity index (χ1) is 21.4. The summed E-state index contributed by atoms with van der Waals surface area (Å²) >= 11 is 2.74. The molecule has 1 aliphatic heterocycles. The summed E-state index contributed by atoms with van der Waals surface area (Å²) in [6.45, 7) is 1.94. The predicted molar refractivity (Wildman–Crippen MR) is 166 cm³/mol. The first kappa shape index (κ1) is 29.4. The number of carbonyl (C=O) groups excluding carboxylic acids is 2. The van der Waals surface area contributed by atoms with Gasteiger partial charge in [-0.3, -0.25) is 14.2 Å². The molecule has 6 rings (SSSR count). The fraction of sp³-hybridized carbons (Fsp3) is 0.156. The molecule has 222 valence electrons. The number of hydrogen-bond donors (Lipinski definition) is 1. The van der Waals surface area contributed by atoms with Crippen LogP contribution in [-0.4, -0.2) is 43.1 Å². The Morgan fingerprint density at radius 3 is 2.57 bits per heavy atom. The summed E-state index contributed by atoms with van der Waals surface area (Å²) in [5.74, 6) is -1.37. The van der Waals surface area contributed by atoms with Crippen molar-refractivity contribution >= 4 is 40.6 Å². The topological polar surface area (TPSA) is 92.5 Å². The number of benzene rings is 3. The van der Waals surface area contributed by atoms with Crippen LogP contribution < -0.4 is 5.32 Å². The number of thioether (sulfide) groups is 1. The molecule has 5 aromatic rings. The van der Waals surface area contributed by atoms with Crippen molar-refractivity contribution in [1.82, 2.24) is 25.1 Å². The Morgan fingerprint density at radius 2 is 1.82 bits per heavy atom. The van der Waals surface area contributed by atoms with E-state index in [0.717, 1.165) is 27.4 Å². The summed E-state index contributed by atoms with van der Waals surface area (Å²) in [6, 6.07) is 23.1. The van der Waals surface area contributed by atoms with E-state index in [1.54, 1.807) is 34.1 Å². The third-order valence-electron chi connectivity index (χ3n) is 7.04. The van der Waals surface area contributed by atoms with Gasteiger partial charge in [0.25, 0.3) is 11.8 Å². The lowest BCUT2D eigenvalue weighted by molar-refractivity contribution is -0.130. The largest absolute Gasteiger partial charge is 0.345 e. The Morgan fingerprint density at radius 1 is 1.00 bits per heavy atom. The molecule has 1 N–H and O–H groups in total. The number of amides is 2. The van der Waals surface area contributed by atoms with Crippen LogP contribution in [0.25, 0.3) is 5.69 Å². The van der Waals surface area contributed by atoms with Crippen molar-refractivity contribution in [3.8, 4) is 5.69 Å². The van der Waals surface area contributed by atoms with E-state index < -0.39 is 11.7 Å². The fourth-order valence-electron chi connectivity index (χ4n) is 4.90. The van der Waals surface area contributed by atoms with Crippen LogP contribution in [0.3, 0.4) is 0 Å². The fourth-order valence-corrected chi connectivity index (χ4v) is 6.45. The van der Waals surface area contributed by atoms with Crippen LogP contribution in [0.2, 0.25) is 0 Å². The van der Waals surface area contributed by atoms with E-state index >= 15 is 0 Å². The smallest absolute Gasteiger partial charge is 0.254 e. The van der Waals surface area contributed by atoms with E-state index in [1.165, 1.54) is 47.1 Å². The van der Waals surface area contributed by atoms with E-state index in [4.69, 9.17) is 0 Å². The zero-order valence-electron chi connectivity index (χ0n) is 23.5. The summed E-state index contributed by atoms with van der Waals surface area (Å²) in [7, 11) is 0. The van der Waals surface area contributed by atoms with Crippen LogP contribution in [0.15, 0.2) is 101 Å². The first-order valence-electron chi connectivity index (χ1n) is 13.7. The number of hydrazone groups is 1. The zero-order valence-corrected chi connectivity index (χ0v) is 25.1. The molecule has 1 aliphatic rings. The molecule has 0 bridgehead atoms. The third-order valence-corrected chi connectivity index (χ3v) is 8.87. The molecule has 0 radical (unpaired) electrons. The quantitative estimate of drug-likeness (QED) is 0.193. The molecule has 0 saturated heterocycles. The predicted octanol–water partition coefficient (Wildman–Crippen LogP) is 6.32. The number of aromatic nitrogens is 3. The average molecular weight is 629 g/mol. The number of carbonyl (C=O) groups is 2. The Balaban J connectivity index is 1.24. The van der Waals surface area contributed by atoms with Crippen molar-refractivity contribution < 1.29 is 18.4 Å². The van der Waals surface area contributed by atoms with Gasteiger partial charge in [0.1, 0.15) is 11.6 Å². The number of nitrogens with one attached hydrogen (secondary N) is 1. The molecule has 0 fully saturated rings. The van der Waals surface area contributed by atoms with Gasteiger partial charge in [0.15, 0.2) is 11.0 Å². The van der Waals surface area contributed by atoms with Crippen LogP contribution in [0.5, 0.6) is 0 Å². The number of nitrogens with zero attached hydrogens (tertiary/aromatic N) is 5. The number of hydrogen-bond acceptors (Lipinski definition) is 7. The highest BCUT2D eigenvalue weighted by atomic mass is 32.2. The van der Waals surface area contributed by atoms with Crippen LogP contribution in [0.4, 0.5) is 8.78 Å². The van der Waals surface area contributed by atoms with Crippen molar-refractivity contribution in [2.75, 3.05) is 5.75 Å². The van der Waals surface area contributed by atoms with E-state index in [9.17, 15) is 18.4 Å². The molecule has 1 atom stereocenters. The molecular weight excluding hydrogens is 603 g/mol. The molecule has 8 nitrogen and oxygen atoms in total. The van der Waals surface area contributed by atoms with Crippen molar-refractivity contribution in [3.63, 3.8) is 0 Å². The van der Waals surface area contributed by atoms with Gasteiger partial charge in [0, 0.05) is 12.1 Å². The highest BCUT2D eigenvalue weighted by molar-refractivity contribution is 7.99. The minimum Gasteiger partial charge on any atom is -0.345 e. The molecule has 2 amide bonds. The second-order valence-electron chi connectivity index (χ2n) is 10.1. The van der Waals surface area contributed by atoms with Gasteiger partial charge in [0.05, 0.1) is 34.5 Å². The summed E-state index contributed by atoms with van der Waals surface area (Å²) in [5, 5.41) is 19.9. The van der Waals surface area contributed by atoms with E-state index in [-0.39, 0.29) is 35.6 Å². The van der Waals surface area contributed by atoms with E-state index in [1.807, 2.05) is 48.7 Å². The Labute approximate surface area is 260 Å². The van der Waals surface area contributed by atoms with Crippen LogP contribution in [-0.2, 0) is 11.3 Å². The minimum absolute atomic E-state index is 0.00441. The molecule has 3 heterocycles. The van der Waals surface area contributed by atoms with Crippen LogP contribution in [0, 0.1) is 18.6 Å². The maximum Gasteiger partial charge on any atom is 0.254 e. The van der Waals surface area contributed by atoms with Crippen molar-refractivity contribution in [2.45, 2.75) is 31.1 Å². The summed E-state index contributed by atoms with van der Waals surface area (Å²) < 4.78 is 29.6. The maximum absolute atomic E-state index is 14.2. The summed E-state index contributed by atoms with van der Waals surface area (Å²) in [6.07, 6.45) is 0.508. The first-order valence-corrected chi connectivity index (χ1v) is 15.6. The Hall–Kier alpha value is -4.68. The zero-order chi connectivity index (χ0) is 30.6. The third kappa shape index (κ3) is 6.31. The van der Waals surface area contributed by atoms with Gasteiger partial charge >= 0.3 is 0 Å². The number of thiophene rings is 1. The Bertz CT molecular complexity index is 1840. The molecule has 12 heteroatoms. The normalized spacial score (nSPS) is 14.5. The lowest BCUT2D eigenvalue weighted by atomic mass is 10.0. The monoisotopic (exact) mass is 628 g/mol. The Kier molecular flexibility index (Phi) is 8.62. The standard InChI is InChI=1S/C32H26F2N6O2S2/c1-20-6-4-7-23(16-20)39-29(18-35-31(42)24-8-2-3-9-25(24)34)36-37-32(39)44-19-30(41)40-27(21-11-13-22(33)14-12-21)17-26(38-40)28-10-5-15-43-28/h2-16,27H,17-19H2,1H3,(H,35,42)/t27-/m0/s1. The maximum atomic E-state index is 14.2. The second-order valence-corrected chi connectivity index (χ2v) is 11.9. The van der Waals surface area contributed by atoms with Gasteiger partial charge in [0.2, 0.25) is 0 Å². The molecular formula is C32H26F2N6O2S2. The summed E-state index contributed by atoms with van der Waals surface area (Å²) in [5.41, 5.74) is 3.26. The van der Waals surface area contributed by atoms with Gasteiger partial charge in [-0.05, 0) is 65.9 Å². The average Bonchev–Trinajstić information content (AvgIpc) is 3.79. The molecule has 0 saturated carbocycles. The molecule has 2 aromatic heterocycles. The van der Waals surface area contributed by atoms with Gasteiger partial charge in [-0.2, -0.15) is 5.10 Å².